The Morgan fingerprint density at radius 3 is 2.95 bits per heavy atom. The Balaban J connectivity index is 1.95. The summed E-state index contributed by atoms with van der Waals surface area (Å²) in [4.78, 5) is 15.1. The van der Waals surface area contributed by atoms with Crippen molar-refractivity contribution in [3.63, 3.8) is 0 Å². The number of carbonyl (C=O) groups excluding carboxylic acids is 1. The molecule has 0 saturated heterocycles. The molecule has 0 atom stereocenters. The number of hydrogen-bond acceptors (Lipinski definition) is 4. The van der Waals surface area contributed by atoms with Gasteiger partial charge in [0.1, 0.15) is 5.76 Å². The fourth-order valence-corrected chi connectivity index (χ4v) is 2.60. The second-order valence-corrected chi connectivity index (χ2v) is 5.43. The number of nitrogens with one attached hydrogen (secondary N) is 1. The normalized spacial score (nSPS) is 10.7. The van der Waals surface area contributed by atoms with Gasteiger partial charge >= 0.3 is 0 Å². The van der Waals surface area contributed by atoms with Gasteiger partial charge in [0.2, 0.25) is 5.91 Å². The molecule has 1 N–H and O–H groups in total. The Kier molecular flexibility index (Phi) is 5.58. The third-order valence-electron chi connectivity index (χ3n) is 2.73. The highest BCUT2D eigenvalue weighted by molar-refractivity contribution is 7.09. The molecule has 1 amide bonds. The molecule has 2 heterocycles. The van der Waals surface area contributed by atoms with Crippen molar-refractivity contribution in [2.75, 3.05) is 13.1 Å². The van der Waals surface area contributed by atoms with Crippen molar-refractivity contribution in [2.24, 2.45) is 0 Å². The lowest BCUT2D eigenvalue weighted by atomic mass is 10.3. The van der Waals surface area contributed by atoms with E-state index in [-0.39, 0.29) is 5.91 Å². The third-order valence-corrected chi connectivity index (χ3v) is 3.59. The van der Waals surface area contributed by atoms with Gasteiger partial charge in [-0.25, -0.2) is 0 Å². The predicted octanol–water partition coefficient (Wildman–Crippen LogP) is 2.65. The van der Waals surface area contributed by atoms with Crippen LogP contribution in [0.25, 0.3) is 0 Å². The molecule has 0 aliphatic carbocycles. The van der Waals surface area contributed by atoms with Crippen LogP contribution < -0.4 is 5.32 Å². The Morgan fingerprint density at radius 2 is 2.30 bits per heavy atom. The second-order valence-electron chi connectivity index (χ2n) is 4.40. The van der Waals surface area contributed by atoms with E-state index < -0.39 is 0 Å². The van der Waals surface area contributed by atoms with Gasteiger partial charge in [-0.15, -0.1) is 17.9 Å². The van der Waals surface area contributed by atoms with E-state index in [1.807, 2.05) is 23.6 Å². The zero-order valence-corrected chi connectivity index (χ0v) is 12.1. The van der Waals surface area contributed by atoms with Crippen LogP contribution in [0.5, 0.6) is 0 Å². The van der Waals surface area contributed by atoms with Crippen molar-refractivity contribution >= 4 is 17.2 Å². The smallest absolute Gasteiger partial charge is 0.234 e. The molecular weight excluding hydrogens is 272 g/mol. The minimum atomic E-state index is -0.00647. The van der Waals surface area contributed by atoms with E-state index in [2.05, 4.69) is 22.9 Å². The zero-order chi connectivity index (χ0) is 14.2. The Labute approximate surface area is 122 Å². The molecule has 0 saturated carbocycles. The van der Waals surface area contributed by atoms with E-state index in [1.165, 1.54) is 4.88 Å². The van der Waals surface area contributed by atoms with E-state index in [0.29, 0.717) is 19.6 Å². The van der Waals surface area contributed by atoms with Crippen LogP contribution in [-0.4, -0.2) is 23.9 Å². The SMILES string of the molecule is C=CCNC(=O)CN(Cc1ccco1)Cc1cccs1. The van der Waals surface area contributed by atoms with Crippen LogP contribution in [-0.2, 0) is 17.9 Å². The van der Waals surface area contributed by atoms with Gasteiger partial charge in [-0.1, -0.05) is 12.1 Å². The average molecular weight is 290 g/mol. The molecule has 2 aromatic rings. The standard InChI is InChI=1S/C15H18N2O2S/c1-2-7-16-15(18)12-17(10-13-5-3-8-19-13)11-14-6-4-9-20-14/h2-6,8-9H,1,7,10-12H2,(H,16,18). The van der Waals surface area contributed by atoms with E-state index in [4.69, 9.17) is 4.42 Å². The van der Waals surface area contributed by atoms with E-state index in [9.17, 15) is 4.79 Å². The van der Waals surface area contributed by atoms with Crippen molar-refractivity contribution in [2.45, 2.75) is 13.1 Å². The van der Waals surface area contributed by atoms with Gasteiger partial charge in [-0.05, 0) is 23.6 Å². The van der Waals surface area contributed by atoms with Crippen molar-refractivity contribution in [1.29, 1.82) is 0 Å². The molecule has 0 radical (unpaired) electrons. The second kappa shape index (κ2) is 7.67. The number of nitrogens with zero attached hydrogens (tertiary/aromatic N) is 1. The molecule has 0 aromatic carbocycles. The third kappa shape index (κ3) is 4.68. The average Bonchev–Trinajstić information content (AvgIpc) is 3.09. The van der Waals surface area contributed by atoms with Crippen LogP contribution in [0, 0.1) is 0 Å². The molecular formula is C15H18N2O2S. The largest absolute Gasteiger partial charge is 0.468 e. The lowest BCUT2D eigenvalue weighted by Crippen LogP contribution is -2.36. The van der Waals surface area contributed by atoms with Crippen molar-refractivity contribution in [3.05, 3.63) is 59.2 Å². The number of rotatable bonds is 8. The molecule has 0 unspecified atom stereocenters. The lowest BCUT2D eigenvalue weighted by molar-refractivity contribution is -0.122. The van der Waals surface area contributed by atoms with Crippen LogP contribution >= 0.6 is 11.3 Å². The predicted molar refractivity (Wildman–Crippen MR) is 80.3 cm³/mol. The molecule has 0 spiro atoms. The first-order chi connectivity index (χ1) is 9.78. The van der Waals surface area contributed by atoms with Gasteiger partial charge in [0.25, 0.3) is 0 Å². The minimum Gasteiger partial charge on any atom is -0.468 e. The molecule has 5 heteroatoms. The Hall–Kier alpha value is -1.85. The van der Waals surface area contributed by atoms with Gasteiger partial charge < -0.3 is 9.73 Å². The summed E-state index contributed by atoms with van der Waals surface area (Å²) in [6.07, 6.45) is 3.32. The summed E-state index contributed by atoms with van der Waals surface area (Å²) in [5.41, 5.74) is 0. The first kappa shape index (κ1) is 14.6. The quantitative estimate of drug-likeness (QED) is 0.760. The Morgan fingerprint density at radius 1 is 1.40 bits per heavy atom. The molecule has 20 heavy (non-hydrogen) atoms. The zero-order valence-electron chi connectivity index (χ0n) is 11.2. The summed E-state index contributed by atoms with van der Waals surface area (Å²) in [5.74, 6) is 0.853. The maximum atomic E-state index is 11.8. The number of thiophene rings is 1. The molecule has 0 aliphatic heterocycles. The van der Waals surface area contributed by atoms with Gasteiger partial charge in [0.05, 0.1) is 19.4 Å². The summed E-state index contributed by atoms with van der Waals surface area (Å²) in [6, 6.07) is 7.86. The number of furan rings is 1. The van der Waals surface area contributed by atoms with Crippen LogP contribution in [0.2, 0.25) is 0 Å². The highest BCUT2D eigenvalue weighted by Gasteiger charge is 2.13. The highest BCUT2D eigenvalue weighted by atomic mass is 32.1. The summed E-state index contributed by atoms with van der Waals surface area (Å²) < 4.78 is 5.36. The van der Waals surface area contributed by atoms with E-state index >= 15 is 0 Å². The molecule has 2 aromatic heterocycles. The van der Waals surface area contributed by atoms with Crippen LogP contribution in [0.15, 0.2) is 53.0 Å². The molecule has 4 nitrogen and oxygen atoms in total. The number of carbonyl (C=O) groups is 1. The van der Waals surface area contributed by atoms with Gasteiger partial charge in [-0.2, -0.15) is 0 Å². The van der Waals surface area contributed by atoms with E-state index in [0.717, 1.165) is 12.3 Å². The molecule has 2 rings (SSSR count). The van der Waals surface area contributed by atoms with Gasteiger partial charge in [0.15, 0.2) is 0 Å². The van der Waals surface area contributed by atoms with E-state index in [1.54, 1.807) is 23.7 Å². The first-order valence-electron chi connectivity index (χ1n) is 6.42. The molecule has 0 fully saturated rings. The van der Waals surface area contributed by atoms with Crippen LogP contribution in [0.1, 0.15) is 10.6 Å². The van der Waals surface area contributed by atoms with Gasteiger partial charge in [0, 0.05) is 18.0 Å². The summed E-state index contributed by atoms with van der Waals surface area (Å²) >= 11 is 1.69. The summed E-state index contributed by atoms with van der Waals surface area (Å²) in [7, 11) is 0. The van der Waals surface area contributed by atoms with Crippen molar-refractivity contribution in [1.82, 2.24) is 10.2 Å². The van der Waals surface area contributed by atoms with Gasteiger partial charge in [-0.3, -0.25) is 9.69 Å². The Bertz CT molecular complexity index is 484. The maximum absolute atomic E-state index is 11.8. The highest BCUT2D eigenvalue weighted by Crippen LogP contribution is 2.14. The van der Waals surface area contributed by atoms with Crippen molar-refractivity contribution in [3.8, 4) is 0 Å². The molecule has 106 valence electrons. The molecule has 0 bridgehead atoms. The topological polar surface area (TPSA) is 45.5 Å². The fraction of sp³-hybridized carbons (Fsp3) is 0.267. The molecule has 0 aliphatic rings. The number of amides is 1. The summed E-state index contributed by atoms with van der Waals surface area (Å²) in [5, 5.41) is 4.84. The monoisotopic (exact) mass is 290 g/mol. The maximum Gasteiger partial charge on any atom is 0.234 e. The summed E-state index contributed by atoms with van der Waals surface area (Å²) in [6.45, 7) is 5.78. The minimum absolute atomic E-state index is 0.00647. The lowest BCUT2D eigenvalue weighted by Gasteiger charge is -2.19. The number of hydrogen-bond donors (Lipinski definition) is 1. The van der Waals surface area contributed by atoms with Crippen LogP contribution in [0.3, 0.4) is 0 Å². The first-order valence-corrected chi connectivity index (χ1v) is 7.30. The fourth-order valence-electron chi connectivity index (χ4n) is 1.86. The van der Waals surface area contributed by atoms with Crippen molar-refractivity contribution < 1.29 is 9.21 Å². The van der Waals surface area contributed by atoms with Crippen LogP contribution in [0.4, 0.5) is 0 Å².